The van der Waals surface area contributed by atoms with Crippen LogP contribution in [0.2, 0.25) is 0 Å². The van der Waals surface area contributed by atoms with Crippen molar-refractivity contribution in [2.75, 3.05) is 0 Å². The van der Waals surface area contributed by atoms with Crippen LogP contribution in [-0.2, 0) is 18.6 Å². The molecule has 0 bridgehead atoms. The zero-order valence-electron chi connectivity index (χ0n) is 11.7. The van der Waals surface area contributed by atoms with Gasteiger partial charge in [0.15, 0.2) is 0 Å². The first kappa shape index (κ1) is 14.7. The molecule has 114 valence electrons. The Bertz CT molecular complexity index is 671. The predicted molar refractivity (Wildman–Crippen MR) is 76.3 cm³/mol. The van der Waals surface area contributed by atoms with E-state index in [1.165, 1.54) is 6.07 Å². The molecular formula is C15H16ClF3N2. The largest absolute Gasteiger partial charge is 0.416 e. The molecule has 1 aliphatic rings. The lowest BCUT2D eigenvalue weighted by atomic mass is 10.0. The molecule has 1 aromatic heterocycles. The van der Waals surface area contributed by atoms with Crippen molar-refractivity contribution >= 4 is 22.6 Å². The third-order valence-corrected chi connectivity index (χ3v) is 4.71. The summed E-state index contributed by atoms with van der Waals surface area (Å²) in [5.74, 6) is 0.848. The fourth-order valence-corrected chi connectivity index (χ4v) is 2.97. The number of aromatic nitrogens is 2. The van der Waals surface area contributed by atoms with E-state index < -0.39 is 11.7 Å². The maximum Gasteiger partial charge on any atom is 0.416 e. The van der Waals surface area contributed by atoms with E-state index in [1.54, 1.807) is 0 Å². The van der Waals surface area contributed by atoms with E-state index in [1.807, 2.05) is 4.57 Å². The van der Waals surface area contributed by atoms with E-state index in [-0.39, 0.29) is 11.3 Å². The minimum Gasteiger partial charge on any atom is -0.326 e. The van der Waals surface area contributed by atoms with Crippen molar-refractivity contribution in [3.05, 3.63) is 29.6 Å². The molecule has 2 aromatic rings. The van der Waals surface area contributed by atoms with Gasteiger partial charge in [-0.15, -0.1) is 11.6 Å². The Morgan fingerprint density at radius 3 is 2.57 bits per heavy atom. The van der Waals surface area contributed by atoms with Crippen LogP contribution in [0.1, 0.15) is 37.6 Å². The molecule has 1 aliphatic carbocycles. The summed E-state index contributed by atoms with van der Waals surface area (Å²) in [5.41, 5.74) is 0.708. The van der Waals surface area contributed by atoms with Crippen LogP contribution in [0.25, 0.3) is 11.0 Å². The number of nitrogens with zero attached hydrogens (tertiary/aromatic N) is 2. The fourth-order valence-electron chi connectivity index (χ4n) is 2.77. The van der Waals surface area contributed by atoms with E-state index >= 15 is 0 Å². The average Bonchev–Trinajstić information content (AvgIpc) is 3.13. The molecule has 0 radical (unpaired) electrons. The number of imidazole rings is 1. The summed E-state index contributed by atoms with van der Waals surface area (Å²) in [6.07, 6.45) is -0.966. The van der Waals surface area contributed by atoms with Crippen molar-refractivity contribution < 1.29 is 13.2 Å². The minimum absolute atomic E-state index is 0.204. The maximum atomic E-state index is 12.8. The van der Waals surface area contributed by atoms with E-state index in [0.717, 1.165) is 43.5 Å². The molecule has 1 aromatic carbocycles. The van der Waals surface area contributed by atoms with Crippen LogP contribution in [0.3, 0.4) is 0 Å². The van der Waals surface area contributed by atoms with Gasteiger partial charge in [-0.05, 0) is 42.9 Å². The lowest BCUT2D eigenvalue weighted by Gasteiger charge is -2.16. The quantitative estimate of drug-likeness (QED) is 0.727. The van der Waals surface area contributed by atoms with E-state index in [4.69, 9.17) is 11.6 Å². The summed E-state index contributed by atoms with van der Waals surface area (Å²) in [6.45, 7) is 2.93. The van der Waals surface area contributed by atoms with Crippen molar-refractivity contribution in [1.82, 2.24) is 9.55 Å². The Hall–Kier alpha value is -1.23. The molecule has 3 rings (SSSR count). The number of hydrogen-bond donors (Lipinski definition) is 0. The number of hydrogen-bond acceptors (Lipinski definition) is 1. The molecule has 0 spiro atoms. The predicted octanol–water partition coefficient (Wildman–Crippen LogP) is 4.98. The SMILES string of the molecule is CCC1(Cn2c(CCl)nc3cc(C(F)(F)F)ccc32)CC1. The molecule has 6 heteroatoms. The van der Waals surface area contributed by atoms with Crippen molar-refractivity contribution in [3.63, 3.8) is 0 Å². The maximum absolute atomic E-state index is 12.8. The summed E-state index contributed by atoms with van der Waals surface area (Å²) < 4.78 is 40.3. The first-order valence-electron chi connectivity index (χ1n) is 7.01. The molecule has 1 heterocycles. The van der Waals surface area contributed by atoms with Crippen LogP contribution >= 0.6 is 11.6 Å². The number of rotatable bonds is 4. The van der Waals surface area contributed by atoms with Gasteiger partial charge in [0, 0.05) is 6.54 Å². The van der Waals surface area contributed by atoms with Gasteiger partial charge in [-0.25, -0.2) is 4.98 Å². The van der Waals surface area contributed by atoms with Crippen molar-refractivity contribution in [2.24, 2.45) is 5.41 Å². The average molecular weight is 317 g/mol. The van der Waals surface area contributed by atoms with Crippen LogP contribution < -0.4 is 0 Å². The molecule has 0 aliphatic heterocycles. The van der Waals surface area contributed by atoms with Crippen molar-refractivity contribution in [3.8, 4) is 0 Å². The standard InChI is InChI=1S/C15H16ClF3N2/c1-2-14(5-6-14)9-21-12-4-3-10(15(17,18)19)7-11(12)20-13(21)8-16/h3-4,7H,2,5-6,8-9H2,1H3. The van der Waals surface area contributed by atoms with Gasteiger partial charge in [0.05, 0.1) is 22.5 Å². The summed E-state index contributed by atoms with van der Waals surface area (Å²) in [6, 6.07) is 3.73. The molecule has 21 heavy (non-hydrogen) atoms. The Kier molecular flexibility index (Phi) is 3.43. The molecule has 0 amide bonds. The minimum atomic E-state index is -4.35. The summed E-state index contributed by atoms with van der Waals surface area (Å²) in [7, 11) is 0. The zero-order valence-corrected chi connectivity index (χ0v) is 12.4. The van der Waals surface area contributed by atoms with E-state index in [9.17, 15) is 13.2 Å². The number of fused-ring (bicyclic) bond motifs is 1. The lowest BCUT2D eigenvalue weighted by molar-refractivity contribution is -0.137. The van der Waals surface area contributed by atoms with E-state index in [2.05, 4.69) is 11.9 Å². The second-order valence-electron chi connectivity index (χ2n) is 5.80. The Morgan fingerprint density at radius 1 is 1.33 bits per heavy atom. The first-order valence-corrected chi connectivity index (χ1v) is 7.54. The molecule has 0 saturated heterocycles. The highest BCUT2D eigenvalue weighted by Gasteiger charge is 2.41. The first-order chi connectivity index (χ1) is 9.88. The summed E-state index contributed by atoms with van der Waals surface area (Å²) in [4.78, 5) is 4.28. The highest BCUT2D eigenvalue weighted by molar-refractivity contribution is 6.16. The lowest BCUT2D eigenvalue weighted by Crippen LogP contribution is -2.13. The zero-order chi connectivity index (χ0) is 15.3. The topological polar surface area (TPSA) is 17.8 Å². The van der Waals surface area contributed by atoms with Gasteiger partial charge in [-0.2, -0.15) is 13.2 Å². The Balaban J connectivity index is 2.07. The van der Waals surface area contributed by atoms with Crippen molar-refractivity contribution in [2.45, 2.75) is 44.8 Å². The number of alkyl halides is 4. The third-order valence-electron chi connectivity index (χ3n) is 4.47. The van der Waals surface area contributed by atoms with Gasteiger partial charge >= 0.3 is 6.18 Å². The molecule has 0 unspecified atom stereocenters. The van der Waals surface area contributed by atoms with Gasteiger partial charge in [-0.3, -0.25) is 0 Å². The highest BCUT2D eigenvalue weighted by atomic mass is 35.5. The van der Waals surface area contributed by atoms with Crippen LogP contribution in [0.5, 0.6) is 0 Å². The second kappa shape index (κ2) is 4.90. The molecule has 0 atom stereocenters. The van der Waals surface area contributed by atoms with Gasteiger partial charge in [0.2, 0.25) is 0 Å². The second-order valence-corrected chi connectivity index (χ2v) is 6.07. The normalized spacial score (nSPS) is 17.4. The fraction of sp³-hybridized carbons (Fsp3) is 0.533. The van der Waals surface area contributed by atoms with Crippen LogP contribution in [0, 0.1) is 5.41 Å². The molecule has 1 saturated carbocycles. The van der Waals surface area contributed by atoms with Crippen LogP contribution in [-0.4, -0.2) is 9.55 Å². The molecule has 1 fully saturated rings. The number of halogens is 4. The Labute approximate surface area is 125 Å². The van der Waals surface area contributed by atoms with Crippen LogP contribution in [0.4, 0.5) is 13.2 Å². The smallest absolute Gasteiger partial charge is 0.326 e. The summed E-state index contributed by atoms with van der Waals surface area (Å²) >= 11 is 5.92. The van der Waals surface area contributed by atoms with E-state index in [0.29, 0.717) is 11.3 Å². The number of benzene rings is 1. The Morgan fingerprint density at radius 2 is 2.05 bits per heavy atom. The highest BCUT2D eigenvalue weighted by Crippen LogP contribution is 2.50. The summed E-state index contributed by atoms with van der Waals surface area (Å²) in [5, 5.41) is 0. The van der Waals surface area contributed by atoms with Crippen molar-refractivity contribution in [1.29, 1.82) is 0 Å². The van der Waals surface area contributed by atoms with Gasteiger partial charge in [0.1, 0.15) is 5.82 Å². The molecular weight excluding hydrogens is 301 g/mol. The molecule has 0 N–H and O–H groups in total. The molecule has 2 nitrogen and oxygen atoms in total. The van der Waals surface area contributed by atoms with Gasteiger partial charge < -0.3 is 4.57 Å². The third kappa shape index (κ3) is 2.63. The van der Waals surface area contributed by atoms with Gasteiger partial charge in [-0.1, -0.05) is 6.92 Å². The monoisotopic (exact) mass is 316 g/mol. The van der Waals surface area contributed by atoms with Crippen LogP contribution in [0.15, 0.2) is 18.2 Å². The van der Waals surface area contributed by atoms with Gasteiger partial charge in [0.25, 0.3) is 0 Å².